The molecule has 1 fully saturated rings. The molecule has 52 heavy (non-hydrogen) atoms. The molecule has 0 aromatic carbocycles. The van der Waals surface area contributed by atoms with E-state index < -0.39 is 49.4 Å². The van der Waals surface area contributed by atoms with Gasteiger partial charge in [-0.3, -0.25) is 9.59 Å². The van der Waals surface area contributed by atoms with E-state index in [1.165, 1.54) is 83.5 Å². The lowest BCUT2D eigenvalue weighted by Gasteiger charge is -2.39. The van der Waals surface area contributed by atoms with E-state index in [0.29, 0.717) is 6.42 Å². The molecule has 0 spiro atoms. The van der Waals surface area contributed by atoms with E-state index in [0.717, 1.165) is 57.8 Å². The first kappa shape index (κ1) is 48.2. The second kappa shape index (κ2) is 33.7. The SMILES string of the molecule is CCCCC/C=C/C/C=C/CCCCCCCC(=O)O[C@H](COC(=O)CCCCCCCCCCCCCC)CO[C@@H]1O[C@H](CO)[C@H](O)C(O)C1O. The van der Waals surface area contributed by atoms with Gasteiger partial charge in [0.25, 0.3) is 0 Å². The van der Waals surface area contributed by atoms with Crippen molar-refractivity contribution in [1.82, 2.24) is 0 Å². The summed E-state index contributed by atoms with van der Waals surface area (Å²) in [5.74, 6) is -0.820. The Labute approximate surface area is 315 Å². The van der Waals surface area contributed by atoms with Crippen molar-refractivity contribution in [2.75, 3.05) is 19.8 Å². The molecule has 10 heteroatoms. The van der Waals surface area contributed by atoms with E-state index in [-0.39, 0.29) is 32.0 Å². The summed E-state index contributed by atoms with van der Waals surface area (Å²) in [6.07, 6.45) is 27.5. The molecule has 4 N–H and O–H groups in total. The summed E-state index contributed by atoms with van der Waals surface area (Å²) < 4.78 is 22.1. The number of allylic oxidation sites excluding steroid dienone is 4. The number of aliphatic hydroxyl groups excluding tert-OH is 4. The van der Waals surface area contributed by atoms with Gasteiger partial charge in [0.1, 0.15) is 31.0 Å². The second-order valence-electron chi connectivity index (χ2n) is 14.4. The smallest absolute Gasteiger partial charge is 0.306 e. The molecule has 0 aromatic heterocycles. The van der Waals surface area contributed by atoms with Gasteiger partial charge in [0, 0.05) is 12.8 Å². The summed E-state index contributed by atoms with van der Waals surface area (Å²) in [6, 6.07) is 0. The Hall–Kier alpha value is -1.82. The van der Waals surface area contributed by atoms with Crippen LogP contribution >= 0.6 is 0 Å². The Morgan fingerprint density at radius 3 is 1.63 bits per heavy atom. The van der Waals surface area contributed by atoms with Gasteiger partial charge in [-0.2, -0.15) is 0 Å². The molecule has 2 unspecified atom stereocenters. The van der Waals surface area contributed by atoms with Crippen LogP contribution in [0.1, 0.15) is 174 Å². The van der Waals surface area contributed by atoms with Crippen LogP contribution in [0.3, 0.4) is 0 Å². The number of ether oxygens (including phenoxy) is 4. The fourth-order valence-electron chi connectivity index (χ4n) is 6.22. The first-order valence-electron chi connectivity index (χ1n) is 20.9. The Kier molecular flexibility index (Phi) is 31.3. The quantitative estimate of drug-likeness (QED) is 0.0289. The Balaban J connectivity index is 2.38. The van der Waals surface area contributed by atoms with E-state index in [1.54, 1.807) is 0 Å². The van der Waals surface area contributed by atoms with Gasteiger partial charge in [-0.05, 0) is 44.9 Å². The van der Waals surface area contributed by atoms with Crippen LogP contribution in [0.5, 0.6) is 0 Å². The van der Waals surface area contributed by atoms with Crippen molar-refractivity contribution in [3.8, 4) is 0 Å². The highest BCUT2D eigenvalue weighted by Crippen LogP contribution is 2.22. The van der Waals surface area contributed by atoms with Crippen LogP contribution in [0.25, 0.3) is 0 Å². The number of unbranched alkanes of at least 4 members (excludes halogenated alkanes) is 19. The molecule has 0 radical (unpaired) electrons. The Bertz CT molecular complexity index is 907. The van der Waals surface area contributed by atoms with Crippen molar-refractivity contribution >= 4 is 11.9 Å². The lowest BCUT2D eigenvalue weighted by Crippen LogP contribution is -2.59. The Morgan fingerprint density at radius 2 is 1.08 bits per heavy atom. The summed E-state index contributed by atoms with van der Waals surface area (Å²) in [4.78, 5) is 25.2. The van der Waals surface area contributed by atoms with Gasteiger partial charge in [-0.25, -0.2) is 0 Å². The average molecular weight is 741 g/mol. The van der Waals surface area contributed by atoms with Crippen molar-refractivity contribution in [3.63, 3.8) is 0 Å². The van der Waals surface area contributed by atoms with E-state index in [4.69, 9.17) is 18.9 Å². The van der Waals surface area contributed by atoms with Gasteiger partial charge < -0.3 is 39.4 Å². The standard InChI is InChI=1S/C42H76O10/c1-3-5-7-9-11-13-15-17-18-19-21-23-25-27-29-31-38(45)51-35(34-50-42-41(48)40(47)39(46)36(32-43)52-42)33-49-37(44)30-28-26-24-22-20-16-14-12-10-8-6-4-2/h11,13,17-18,35-36,39-43,46-48H,3-10,12,14-16,19-34H2,1-2H3/b13-11+,18-17+/t35-,36-,39+,40?,41?,42-/m1/s1. The Morgan fingerprint density at radius 1 is 0.596 bits per heavy atom. The van der Waals surface area contributed by atoms with Crippen molar-refractivity contribution < 1.29 is 49.0 Å². The largest absolute Gasteiger partial charge is 0.462 e. The molecule has 0 saturated carbocycles. The van der Waals surface area contributed by atoms with Gasteiger partial charge in [-0.1, -0.05) is 141 Å². The van der Waals surface area contributed by atoms with Crippen LogP contribution < -0.4 is 0 Å². The first-order chi connectivity index (χ1) is 25.3. The number of aliphatic hydroxyl groups is 4. The van der Waals surface area contributed by atoms with Crippen molar-refractivity contribution in [3.05, 3.63) is 24.3 Å². The molecule has 0 aromatic rings. The second-order valence-corrected chi connectivity index (χ2v) is 14.4. The number of hydrogen-bond acceptors (Lipinski definition) is 10. The third-order valence-electron chi connectivity index (χ3n) is 9.59. The average Bonchev–Trinajstić information content (AvgIpc) is 3.14. The molecule has 6 atom stereocenters. The predicted molar refractivity (Wildman–Crippen MR) is 206 cm³/mol. The molecule has 1 aliphatic heterocycles. The normalized spacial score (nSPS) is 21.2. The van der Waals surface area contributed by atoms with Crippen LogP contribution in [-0.2, 0) is 28.5 Å². The predicted octanol–water partition coefficient (Wildman–Crippen LogP) is 8.16. The van der Waals surface area contributed by atoms with E-state index >= 15 is 0 Å². The van der Waals surface area contributed by atoms with Crippen LogP contribution in [0.2, 0.25) is 0 Å². The summed E-state index contributed by atoms with van der Waals surface area (Å²) >= 11 is 0. The van der Waals surface area contributed by atoms with Crippen LogP contribution in [0.4, 0.5) is 0 Å². The van der Waals surface area contributed by atoms with E-state index in [2.05, 4.69) is 38.2 Å². The molecular weight excluding hydrogens is 664 g/mol. The summed E-state index contributed by atoms with van der Waals surface area (Å²) in [5, 5.41) is 40.0. The number of esters is 2. The summed E-state index contributed by atoms with van der Waals surface area (Å²) in [7, 11) is 0. The molecule has 0 aliphatic carbocycles. The highest BCUT2D eigenvalue weighted by Gasteiger charge is 2.44. The maximum absolute atomic E-state index is 12.7. The van der Waals surface area contributed by atoms with Gasteiger partial charge in [0.05, 0.1) is 13.2 Å². The molecule has 1 saturated heterocycles. The zero-order valence-electron chi connectivity index (χ0n) is 32.8. The maximum atomic E-state index is 12.7. The molecule has 1 aliphatic rings. The number of hydrogen-bond donors (Lipinski definition) is 4. The summed E-state index contributed by atoms with van der Waals surface area (Å²) in [5.41, 5.74) is 0. The van der Waals surface area contributed by atoms with Crippen LogP contribution in [0.15, 0.2) is 24.3 Å². The minimum absolute atomic E-state index is 0.216. The number of carbonyl (C=O) groups excluding carboxylic acids is 2. The van der Waals surface area contributed by atoms with E-state index in [9.17, 15) is 30.0 Å². The van der Waals surface area contributed by atoms with Gasteiger partial charge in [-0.15, -0.1) is 0 Å². The maximum Gasteiger partial charge on any atom is 0.306 e. The third-order valence-corrected chi connectivity index (χ3v) is 9.59. The molecule has 0 bridgehead atoms. The highest BCUT2D eigenvalue weighted by atomic mass is 16.7. The first-order valence-corrected chi connectivity index (χ1v) is 20.9. The fourth-order valence-corrected chi connectivity index (χ4v) is 6.22. The molecule has 1 rings (SSSR count). The topological polar surface area (TPSA) is 152 Å². The zero-order chi connectivity index (χ0) is 38.1. The van der Waals surface area contributed by atoms with Crippen LogP contribution in [0, 0.1) is 0 Å². The third kappa shape index (κ3) is 25.2. The lowest BCUT2D eigenvalue weighted by molar-refractivity contribution is -0.305. The lowest BCUT2D eigenvalue weighted by atomic mass is 9.99. The minimum Gasteiger partial charge on any atom is -0.462 e. The molecule has 304 valence electrons. The summed E-state index contributed by atoms with van der Waals surface area (Å²) in [6.45, 7) is 3.37. The number of carbonyl (C=O) groups is 2. The van der Waals surface area contributed by atoms with Gasteiger partial charge >= 0.3 is 11.9 Å². The van der Waals surface area contributed by atoms with Gasteiger partial charge in [0.2, 0.25) is 0 Å². The zero-order valence-corrected chi connectivity index (χ0v) is 32.8. The van der Waals surface area contributed by atoms with Crippen LogP contribution in [-0.4, -0.2) is 89.0 Å². The van der Waals surface area contributed by atoms with Crippen molar-refractivity contribution in [2.24, 2.45) is 0 Å². The fraction of sp³-hybridized carbons (Fsp3) is 0.857. The number of rotatable bonds is 34. The molecule has 0 amide bonds. The highest BCUT2D eigenvalue weighted by molar-refractivity contribution is 5.70. The minimum atomic E-state index is -1.59. The van der Waals surface area contributed by atoms with E-state index in [1.807, 2.05) is 0 Å². The van der Waals surface area contributed by atoms with Crippen molar-refractivity contribution in [1.29, 1.82) is 0 Å². The van der Waals surface area contributed by atoms with Crippen molar-refractivity contribution in [2.45, 2.75) is 211 Å². The van der Waals surface area contributed by atoms with Gasteiger partial charge in [0.15, 0.2) is 12.4 Å². The molecule has 1 heterocycles. The molecule has 10 nitrogen and oxygen atoms in total. The monoisotopic (exact) mass is 741 g/mol. The molecular formula is C42H76O10.